The topological polar surface area (TPSA) is 56.1 Å². The molecule has 1 aliphatic heterocycles. The zero-order valence-corrected chi connectivity index (χ0v) is 14.9. The highest BCUT2D eigenvalue weighted by Gasteiger charge is 2.27. The molecule has 6 nitrogen and oxygen atoms in total. The van der Waals surface area contributed by atoms with Crippen molar-refractivity contribution in [1.29, 1.82) is 0 Å². The number of tetrazole rings is 1. The van der Waals surface area contributed by atoms with Gasteiger partial charge in [0.15, 0.2) is 5.82 Å². The lowest BCUT2D eigenvalue weighted by Gasteiger charge is -2.29. The number of hydrogen-bond donors (Lipinski definition) is 0. The zero-order valence-electron chi connectivity index (χ0n) is 14.9. The molecule has 1 aromatic carbocycles. The van der Waals surface area contributed by atoms with Crippen molar-refractivity contribution in [3.63, 3.8) is 0 Å². The van der Waals surface area contributed by atoms with Gasteiger partial charge in [-0.05, 0) is 48.8 Å². The summed E-state index contributed by atoms with van der Waals surface area (Å²) >= 11 is 0. The Morgan fingerprint density at radius 3 is 2.62 bits per heavy atom. The Kier molecular flexibility index (Phi) is 5.58. The Bertz CT molecular complexity index is 629. The summed E-state index contributed by atoms with van der Waals surface area (Å²) in [5, 5.41) is 12.6. The molecule has 2 atom stereocenters. The van der Waals surface area contributed by atoms with Gasteiger partial charge in [0.25, 0.3) is 0 Å². The van der Waals surface area contributed by atoms with Crippen LogP contribution in [0.25, 0.3) is 0 Å². The number of benzene rings is 1. The summed E-state index contributed by atoms with van der Waals surface area (Å²) in [7, 11) is 0. The molecule has 3 rings (SSSR count). The summed E-state index contributed by atoms with van der Waals surface area (Å²) in [6.07, 6.45) is 2.43. The quantitative estimate of drug-likeness (QED) is 0.781. The van der Waals surface area contributed by atoms with E-state index < -0.39 is 0 Å². The van der Waals surface area contributed by atoms with E-state index in [1.165, 1.54) is 11.1 Å². The first-order valence-corrected chi connectivity index (χ1v) is 8.91. The van der Waals surface area contributed by atoms with Crippen molar-refractivity contribution in [2.24, 2.45) is 0 Å². The summed E-state index contributed by atoms with van der Waals surface area (Å²) in [5.41, 5.74) is 2.49. The van der Waals surface area contributed by atoms with Gasteiger partial charge in [-0.25, -0.2) is 4.68 Å². The second kappa shape index (κ2) is 7.85. The van der Waals surface area contributed by atoms with Crippen molar-refractivity contribution in [3.8, 4) is 0 Å². The normalized spacial score (nSPS) is 19.1. The molecular formula is C18H27N5O. The third-order valence-electron chi connectivity index (χ3n) is 4.78. The first-order valence-electron chi connectivity index (χ1n) is 8.91. The molecule has 24 heavy (non-hydrogen) atoms. The zero-order chi connectivity index (χ0) is 16.9. The second-order valence-electron chi connectivity index (χ2n) is 6.39. The molecule has 2 aromatic rings. The van der Waals surface area contributed by atoms with Crippen LogP contribution < -0.4 is 0 Å². The van der Waals surface area contributed by atoms with Crippen LogP contribution in [0.5, 0.6) is 0 Å². The first kappa shape index (κ1) is 17.0. The lowest BCUT2D eigenvalue weighted by Crippen LogP contribution is -2.32. The van der Waals surface area contributed by atoms with E-state index in [1.807, 2.05) is 4.68 Å². The lowest BCUT2D eigenvalue weighted by atomic mass is 10.0. The lowest BCUT2D eigenvalue weighted by molar-refractivity contribution is 0.0910. The maximum atomic E-state index is 5.77. The van der Waals surface area contributed by atoms with E-state index in [4.69, 9.17) is 4.74 Å². The number of aromatic nitrogens is 4. The molecule has 1 fully saturated rings. The third-order valence-corrected chi connectivity index (χ3v) is 4.78. The van der Waals surface area contributed by atoms with E-state index >= 15 is 0 Å². The number of hydrogen-bond acceptors (Lipinski definition) is 5. The van der Waals surface area contributed by atoms with Crippen LogP contribution in [-0.2, 0) is 11.3 Å². The second-order valence-corrected chi connectivity index (χ2v) is 6.39. The van der Waals surface area contributed by atoms with Gasteiger partial charge in [-0.2, -0.15) is 0 Å². The Hall–Kier alpha value is -1.79. The van der Waals surface area contributed by atoms with E-state index in [0.717, 1.165) is 44.9 Å². The molecule has 0 bridgehead atoms. The highest BCUT2D eigenvalue weighted by atomic mass is 16.5. The maximum absolute atomic E-state index is 5.77. The maximum Gasteiger partial charge on any atom is 0.173 e. The summed E-state index contributed by atoms with van der Waals surface area (Å²) < 4.78 is 7.69. The molecule has 1 aromatic heterocycles. The van der Waals surface area contributed by atoms with Crippen molar-refractivity contribution in [1.82, 2.24) is 25.1 Å². The van der Waals surface area contributed by atoms with Gasteiger partial charge in [-0.1, -0.05) is 43.7 Å². The van der Waals surface area contributed by atoms with Crippen LogP contribution in [-0.4, -0.2) is 50.9 Å². The van der Waals surface area contributed by atoms with Crippen molar-refractivity contribution in [3.05, 3.63) is 41.2 Å². The van der Waals surface area contributed by atoms with E-state index in [1.54, 1.807) is 0 Å². The Morgan fingerprint density at radius 1 is 1.25 bits per heavy atom. The molecule has 2 heterocycles. The molecule has 1 aliphatic rings. The van der Waals surface area contributed by atoms with E-state index in [0.29, 0.717) is 0 Å². The predicted octanol–water partition coefficient (Wildman–Crippen LogP) is 2.59. The van der Waals surface area contributed by atoms with Crippen molar-refractivity contribution < 1.29 is 4.74 Å². The molecule has 0 N–H and O–H groups in total. The summed E-state index contributed by atoms with van der Waals surface area (Å²) in [6, 6.07) is 8.74. The average Bonchev–Trinajstić information content (AvgIpc) is 3.26. The number of nitrogens with zero attached hydrogens (tertiary/aromatic N) is 5. The van der Waals surface area contributed by atoms with Gasteiger partial charge in [0, 0.05) is 6.61 Å². The standard InChI is InChI=1S/C18H27N5O/c1-4-22(5-2)17(15-10-8-14(3)9-11-15)18-19-20-21-23(18)13-16-7-6-12-24-16/h8-11,16-17H,4-7,12-13H2,1-3H3. The Labute approximate surface area is 143 Å². The van der Waals surface area contributed by atoms with Gasteiger partial charge < -0.3 is 4.74 Å². The summed E-state index contributed by atoms with van der Waals surface area (Å²) in [5.74, 6) is 0.901. The fourth-order valence-electron chi connectivity index (χ4n) is 3.38. The Balaban J connectivity index is 1.93. The minimum Gasteiger partial charge on any atom is -0.376 e. The Morgan fingerprint density at radius 2 is 2.00 bits per heavy atom. The van der Waals surface area contributed by atoms with Crippen molar-refractivity contribution in [2.75, 3.05) is 19.7 Å². The van der Waals surface area contributed by atoms with Crippen LogP contribution in [0.3, 0.4) is 0 Å². The SMILES string of the molecule is CCN(CC)C(c1ccc(C)cc1)c1nnnn1CC1CCCO1. The van der Waals surface area contributed by atoms with Crippen LogP contribution >= 0.6 is 0 Å². The fourth-order valence-corrected chi connectivity index (χ4v) is 3.38. The molecule has 0 aliphatic carbocycles. The smallest absolute Gasteiger partial charge is 0.173 e. The first-order chi connectivity index (χ1) is 11.7. The van der Waals surface area contributed by atoms with E-state index in [-0.39, 0.29) is 12.1 Å². The largest absolute Gasteiger partial charge is 0.376 e. The summed E-state index contributed by atoms with van der Waals surface area (Å²) in [4.78, 5) is 2.39. The number of ether oxygens (including phenoxy) is 1. The molecule has 6 heteroatoms. The number of aryl methyl sites for hydroxylation is 1. The highest BCUT2D eigenvalue weighted by molar-refractivity contribution is 5.28. The van der Waals surface area contributed by atoms with Crippen LogP contribution in [0.15, 0.2) is 24.3 Å². The number of rotatable bonds is 7. The fraction of sp³-hybridized carbons (Fsp3) is 0.611. The minimum absolute atomic E-state index is 0.0667. The molecule has 130 valence electrons. The van der Waals surface area contributed by atoms with E-state index in [9.17, 15) is 0 Å². The molecule has 2 unspecified atom stereocenters. The molecule has 1 saturated heterocycles. The predicted molar refractivity (Wildman–Crippen MR) is 92.7 cm³/mol. The van der Waals surface area contributed by atoms with Crippen molar-refractivity contribution >= 4 is 0 Å². The third kappa shape index (κ3) is 3.65. The van der Waals surface area contributed by atoms with Crippen LogP contribution in [0.1, 0.15) is 49.7 Å². The van der Waals surface area contributed by atoms with Gasteiger partial charge in [0.1, 0.15) is 0 Å². The van der Waals surface area contributed by atoms with Gasteiger partial charge >= 0.3 is 0 Å². The molecule has 0 amide bonds. The average molecular weight is 329 g/mol. The minimum atomic E-state index is 0.0667. The highest BCUT2D eigenvalue weighted by Crippen LogP contribution is 2.27. The van der Waals surface area contributed by atoms with Crippen LogP contribution in [0.4, 0.5) is 0 Å². The van der Waals surface area contributed by atoms with Crippen LogP contribution in [0.2, 0.25) is 0 Å². The monoisotopic (exact) mass is 329 g/mol. The molecule has 0 radical (unpaired) electrons. The van der Waals surface area contributed by atoms with Gasteiger partial charge in [0.2, 0.25) is 0 Å². The molecule has 0 spiro atoms. The molecule has 0 saturated carbocycles. The molecular weight excluding hydrogens is 302 g/mol. The van der Waals surface area contributed by atoms with Crippen molar-refractivity contribution in [2.45, 2.75) is 52.3 Å². The van der Waals surface area contributed by atoms with Gasteiger partial charge in [-0.3, -0.25) is 4.90 Å². The van der Waals surface area contributed by atoms with Gasteiger partial charge in [-0.15, -0.1) is 5.10 Å². The van der Waals surface area contributed by atoms with Crippen LogP contribution in [0, 0.1) is 6.92 Å². The van der Waals surface area contributed by atoms with Gasteiger partial charge in [0.05, 0.1) is 18.7 Å². The van der Waals surface area contributed by atoms with E-state index in [2.05, 4.69) is 65.5 Å². The summed E-state index contributed by atoms with van der Waals surface area (Å²) in [6.45, 7) is 9.94.